The van der Waals surface area contributed by atoms with Crippen LogP contribution in [-0.4, -0.2) is 168 Å². The van der Waals surface area contributed by atoms with E-state index >= 15 is 0 Å². The number of rotatable bonds is 26. The highest BCUT2D eigenvalue weighted by molar-refractivity contribution is 14.1. The zero-order valence-corrected chi connectivity index (χ0v) is 81.9. The van der Waals surface area contributed by atoms with Crippen LogP contribution in [0.4, 0.5) is 5.69 Å². The lowest BCUT2D eigenvalue weighted by Crippen LogP contribution is -2.08. The Morgan fingerprint density at radius 3 is 1.31 bits per heavy atom. The van der Waals surface area contributed by atoms with Gasteiger partial charge in [-0.1, -0.05) is 46.9 Å². The number of carbonyl (C=O) groups excluding carboxylic acids is 2. The Bertz CT molecular complexity index is 6490. The van der Waals surface area contributed by atoms with Crippen molar-refractivity contribution in [3.05, 3.63) is 188 Å². The van der Waals surface area contributed by atoms with Crippen molar-refractivity contribution in [1.82, 2.24) is 75.7 Å². The summed E-state index contributed by atoms with van der Waals surface area (Å²) in [6.45, 7) is 26.1. The third-order valence-electron chi connectivity index (χ3n) is 16.1. The minimum atomic E-state index is -1.12. The predicted octanol–water partition coefficient (Wildman–Crippen LogP) is 22.5. The number of hydrogen-bond donors (Lipinski definition) is 7. The van der Waals surface area contributed by atoms with Crippen LogP contribution in [0, 0.1) is 17.8 Å². The highest BCUT2D eigenvalue weighted by Crippen LogP contribution is 2.41. The van der Waals surface area contributed by atoms with Gasteiger partial charge in [0, 0.05) is 53.0 Å². The van der Waals surface area contributed by atoms with Crippen molar-refractivity contribution in [2.45, 2.75) is 116 Å². The molecule has 0 aliphatic rings. The quantitative estimate of drug-likeness (QED) is 0.00661. The summed E-state index contributed by atoms with van der Waals surface area (Å²) < 4.78 is 60.4. The van der Waals surface area contributed by atoms with E-state index in [1.807, 2.05) is 183 Å². The molecule has 17 rings (SSSR count). The summed E-state index contributed by atoms with van der Waals surface area (Å²) >= 11 is 24.7. The summed E-state index contributed by atoms with van der Waals surface area (Å²) in [6, 6.07) is 47.7. The van der Waals surface area contributed by atoms with Crippen molar-refractivity contribution >= 4 is 236 Å². The molecule has 17 aromatic rings. The monoisotopic (exact) mass is 2040 g/mol. The number of esters is 2. The van der Waals surface area contributed by atoms with Crippen LogP contribution in [0.5, 0.6) is 46.0 Å². The number of aromatic hydroxyl groups is 1. The van der Waals surface area contributed by atoms with E-state index in [4.69, 9.17) is 75.8 Å². The number of benzene rings is 8. The molecule has 0 atom stereocenters. The summed E-state index contributed by atoms with van der Waals surface area (Å²) in [5.74, 6) is 3.85. The van der Waals surface area contributed by atoms with Gasteiger partial charge in [0.15, 0.2) is 27.0 Å². The molecular formula is C85H89IN16O14S11. The Morgan fingerprint density at radius 1 is 0.472 bits per heavy atom. The number of aromatic carboxylic acids is 1. The second kappa shape index (κ2) is 50.3. The number of fused-ring (bicyclic) bond motifs is 6. The van der Waals surface area contributed by atoms with E-state index in [0.717, 1.165) is 125 Å². The number of alkyl halides is 1. The van der Waals surface area contributed by atoms with Gasteiger partial charge in [0.1, 0.15) is 51.0 Å². The number of carboxylic acids is 1. The van der Waals surface area contributed by atoms with E-state index in [0.29, 0.717) is 71.3 Å². The van der Waals surface area contributed by atoms with Crippen LogP contribution >= 0.6 is 151 Å². The summed E-state index contributed by atoms with van der Waals surface area (Å²) in [4.78, 5) is 61.5. The summed E-state index contributed by atoms with van der Waals surface area (Å²) in [5.41, 5.74) is 13.0. The number of phenols is 1. The molecule has 0 aliphatic carbocycles. The maximum Gasteiger partial charge on any atom is 0.361 e. The first kappa shape index (κ1) is 98.7. The predicted molar refractivity (Wildman–Crippen MR) is 522 cm³/mol. The molecule has 0 amide bonds. The number of thiazole rings is 6. The Hall–Kier alpha value is -10.5. The molecule has 42 heteroatoms. The maximum atomic E-state index is 12.5. The van der Waals surface area contributed by atoms with E-state index < -0.39 is 17.9 Å². The van der Waals surface area contributed by atoms with Crippen LogP contribution in [0.3, 0.4) is 0 Å². The van der Waals surface area contributed by atoms with Gasteiger partial charge in [0.05, 0.1) is 138 Å². The second-order valence-electron chi connectivity index (χ2n) is 25.1. The van der Waals surface area contributed by atoms with Gasteiger partial charge >= 0.3 is 17.9 Å². The molecule has 9 heterocycles. The van der Waals surface area contributed by atoms with Crippen LogP contribution in [0.15, 0.2) is 185 Å². The minimum absolute atomic E-state index is 0.103. The molecule has 8 aromatic carbocycles. The number of thiol groups is 1. The van der Waals surface area contributed by atoms with Crippen LogP contribution in [0.1, 0.15) is 109 Å². The van der Waals surface area contributed by atoms with Crippen molar-refractivity contribution in [2.24, 2.45) is 0 Å². The molecule has 0 saturated heterocycles. The lowest BCUT2D eigenvalue weighted by Gasteiger charge is -2.07. The topological polar surface area (TPSA) is 395 Å². The Kier molecular flexibility index (Phi) is 39.1. The number of hydrogen-bond acceptors (Lipinski definition) is 36. The zero-order valence-electron chi connectivity index (χ0n) is 70.6. The van der Waals surface area contributed by atoms with Crippen LogP contribution in [0.25, 0.3) is 61.3 Å². The number of aromatic nitrogens is 15. The van der Waals surface area contributed by atoms with Crippen molar-refractivity contribution in [2.75, 3.05) is 70.1 Å². The van der Waals surface area contributed by atoms with Crippen LogP contribution < -0.4 is 38.9 Å². The normalized spacial score (nSPS) is 10.6. The van der Waals surface area contributed by atoms with Gasteiger partial charge in [0.2, 0.25) is 17.1 Å². The van der Waals surface area contributed by atoms with Gasteiger partial charge in [-0.25, -0.2) is 44.0 Å². The molecule has 0 spiro atoms. The molecule has 0 aliphatic heterocycles. The SMILES string of the molecule is CCI.CCOC(=O)c1n[nH]nc1Sc1nc2cc(OCC)ccc2s1.CCOC(=O)c1nnn(Cc2ccc(OC)cc2)c1Sc1nc2cc(OCC)ccc2s1.CCOc1ccc(S)c(N)c1.CCOc1ccc2sc(=S)[nH]c2c1.CCOc1ccc2sc(C)nc2c1.CCOc1ccc2sc(Sc3n[nH]nc3C(=O)O)nc2c1.Cc1nc2cc(O)ccc2s1. The van der Waals surface area contributed by atoms with E-state index in [1.165, 1.54) is 83.1 Å². The molecule has 666 valence electrons. The number of aromatic amines is 3. The number of carbonyl (C=O) groups is 3. The molecular weight excluding hydrogens is 1950 g/mol. The Balaban J connectivity index is 0.000000159. The van der Waals surface area contributed by atoms with Crippen molar-refractivity contribution in [3.63, 3.8) is 0 Å². The first-order valence-electron chi connectivity index (χ1n) is 39.2. The summed E-state index contributed by atoms with van der Waals surface area (Å²) in [5, 5.41) is 49.9. The van der Waals surface area contributed by atoms with Gasteiger partial charge in [-0.15, -0.1) is 106 Å². The molecule has 0 radical (unpaired) electrons. The maximum absolute atomic E-state index is 12.5. The Labute approximate surface area is 791 Å². The molecule has 9 aromatic heterocycles. The fourth-order valence-electron chi connectivity index (χ4n) is 10.9. The number of phenolic OH excluding ortho intramolecular Hbond substituents is 1. The first-order valence-corrected chi connectivity index (χ1v) is 48.9. The van der Waals surface area contributed by atoms with Gasteiger partial charge < -0.3 is 63.6 Å². The molecule has 7 N–H and O–H groups in total. The van der Waals surface area contributed by atoms with Gasteiger partial charge in [0.25, 0.3) is 0 Å². The average molecular weight is 2040 g/mol. The van der Waals surface area contributed by atoms with E-state index in [-0.39, 0.29) is 36.0 Å². The Morgan fingerprint density at radius 2 is 0.858 bits per heavy atom. The van der Waals surface area contributed by atoms with Crippen molar-refractivity contribution < 1.29 is 67.2 Å². The average Bonchev–Trinajstić information content (AvgIpc) is 1.65. The molecule has 30 nitrogen and oxygen atoms in total. The lowest BCUT2D eigenvalue weighted by atomic mass is 10.2. The van der Waals surface area contributed by atoms with Crippen LogP contribution in [0.2, 0.25) is 0 Å². The molecule has 0 bridgehead atoms. The third kappa shape index (κ3) is 29.3. The van der Waals surface area contributed by atoms with Gasteiger partial charge in [-0.05, 0) is 224 Å². The largest absolute Gasteiger partial charge is 0.508 e. The standard InChI is InChI=1S/C22H22N4O4S2.C14H14N4O3S2.C12H10N4O3S2.C10H11NOS.C9H9NOS2.C8H7NOS.C8H11NOS.C2H5I/c1-4-29-16-10-11-18-17(12-16)23-22(31-18)32-20-19(21(27)30-5-2)24-25-26(20)13-14-6-8-15(28-3)9-7-14;1-3-20-8-5-6-10-9(7-8)15-14(22-10)23-12-11(16-18-17-12)13(19)21-4-2;1-2-19-6-3-4-8-7(5-6)13-12(20-8)21-10-9(11(17)18)14-16-15-10;1-3-12-8-4-5-10-9(6-8)11-7(2)13-10;1-2-11-6-3-4-8-7(5-6)10-9(12)13-8;1-5-9-7-4-6(10)2-3-8(7)11-5;1-2-10-6-3-4-8(11)7(9)5-6;1-2-3/h6-12H,4-5,13H2,1-3H3;5-7H,3-4H2,1-2H3,(H,16,17,18);3-5H,2H2,1H3,(H,17,18)(H,14,15,16);4-6H,3H2,1-2H3;3-5H,2H2,1H3,(H,10,12);2-4,10H,1H3;3-5,11H,2,9H2,1H3;2H2,1H3. The van der Waals surface area contributed by atoms with Crippen molar-refractivity contribution in [3.8, 4) is 46.0 Å². The van der Waals surface area contributed by atoms with Crippen molar-refractivity contribution in [1.29, 1.82) is 0 Å². The fourth-order valence-corrected chi connectivity index (χ4v) is 19.8. The lowest BCUT2D eigenvalue weighted by molar-refractivity contribution is 0.0505. The second-order valence-corrected chi connectivity index (χ2v) is 38.1. The summed E-state index contributed by atoms with van der Waals surface area (Å²) in [7, 11) is 1.63. The van der Waals surface area contributed by atoms with Gasteiger partial charge in [-0.2, -0.15) is 10.4 Å². The molecule has 0 fully saturated rings. The number of nitrogens with zero attached hydrogens (tertiary/aromatic N) is 12. The highest BCUT2D eigenvalue weighted by Gasteiger charge is 2.25. The number of ether oxygens (including phenoxy) is 9. The number of H-pyrrole nitrogens is 3. The molecule has 0 saturated carbocycles. The number of aryl methyl sites for hydroxylation is 2. The third-order valence-corrected chi connectivity index (χ3v) is 26.0. The zero-order chi connectivity index (χ0) is 90.9. The molecule has 0 unspecified atom stereocenters. The van der Waals surface area contributed by atoms with Gasteiger partial charge in [-0.3, -0.25) is 0 Å². The number of nitrogen functional groups attached to an aromatic ring is 1. The number of nitrogens with two attached hydrogens (primary N) is 1. The smallest absolute Gasteiger partial charge is 0.361 e. The minimum Gasteiger partial charge on any atom is -0.508 e. The van der Waals surface area contributed by atoms with E-state index in [9.17, 15) is 14.4 Å². The molecule has 127 heavy (non-hydrogen) atoms. The summed E-state index contributed by atoms with van der Waals surface area (Å²) in [6.07, 6.45) is 0. The number of nitrogens with one attached hydrogen (secondary N) is 3. The van der Waals surface area contributed by atoms with Crippen LogP contribution in [-0.2, 0) is 16.0 Å². The first-order chi connectivity index (χ1) is 61.5. The number of carboxylic acid groups (broad SMARTS) is 1. The van der Waals surface area contributed by atoms with E-state index in [2.05, 4.69) is 114 Å². The number of halogens is 1. The van der Waals surface area contributed by atoms with E-state index in [1.54, 1.807) is 77.8 Å². The fraction of sp³-hybridized carbons (Fsp3) is 0.259. The highest BCUT2D eigenvalue weighted by atomic mass is 127. The number of anilines is 1. The number of methoxy groups -OCH3 is 1.